The van der Waals surface area contributed by atoms with Gasteiger partial charge < -0.3 is 9.32 Å². The lowest BCUT2D eigenvalue weighted by Gasteiger charge is -2.23. The second kappa shape index (κ2) is 5.83. The monoisotopic (exact) mass is 347 g/mol. The van der Waals surface area contributed by atoms with Crippen LogP contribution in [0.4, 0.5) is 0 Å². The largest absolute Gasteiger partial charge is 0.443 e. The minimum atomic E-state index is -3.10. The van der Waals surface area contributed by atoms with Gasteiger partial charge in [-0.15, -0.1) is 0 Å². The molecule has 1 amide bonds. The summed E-state index contributed by atoms with van der Waals surface area (Å²) in [4.78, 5) is 14.2. The number of sulfone groups is 1. The molecule has 0 aromatic carbocycles. The van der Waals surface area contributed by atoms with Gasteiger partial charge in [0.15, 0.2) is 9.84 Å². The van der Waals surface area contributed by atoms with E-state index in [4.69, 9.17) is 4.42 Å². The van der Waals surface area contributed by atoms with Crippen LogP contribution >= 0.6 is 0 Å². The van der Waals surface area contributed by atoms with Crippen molar-refractivity contribution in [1.82, 2.24) is 9.47 Å². The van der Waals surface area contributed by atoms with E-state index in [2.05, 4.69) is 0 Å². The molecule has 2 aromatic rings. The van der Waals surface area contributed by atoms with E-state index in [1.807, 2.05) is 6.07 Å². The minimum absolute atomic E-state index is 0.0432. The number of nitrogens with zero attached hydrogens (tertiary/aromatic N) is 3. The summed E-state index contributed by atoms with van der Waals surface area (Å²) in [6.45, 7) is 1.63. The van der Waals surface area contributed by atoms with Crippen molar-refractivity contribution >= 4 is 15.7 Å². The van der Waals surface area contributed by atoms with Gasteiger partial charge in [-0.2, -0.15) is 5.26 Å². The number of aryl methyl sites for hydroxylation is 1. The minimum Gasteiger partial charge on any atom is -0.443 e. The van der Waals surface area contributed by atoms with E-state index in [-0.39, 0.29) is 34.6 Å². The first-order valence-electron chi connectivity index (χ1n) is 7.48. The van der Waals surface area contributed by atoms with Crippen LogP contribution in [0.25, 0.3) is 5.88 Å². The van der Waals surface area contributed by atoms with Crippen LogP contribution in [-0.4, -0.2) is 48.4 Å². The first-order chi connectivity index (χ1) is 11.3. The van der Waals surface area contributed by atoms with Gasteiger partial charge in [0, 0.05) is 25.5 Å². The van der Waals surface area contributed by atoms with Crippen molar-refractivity contribution < 1.29 is 17.6 Å². The molecule has 3 rings (SSSR count). The molecule has 0 radical (unpaired) electrons. The molecule has 0 spiro atoms. The van der Waals surface area contributed by atoms with E-state index in [1.165, 1.54) is 4.90 Å². The first-order valence-corrected chi connectivity index (χ1v) is 9.30. The molecule has 3 heterocycles. The molecular weight excluding hydrogens is 330 g/mol. The van der Waals surface area contributed by atoms with Crippen LogP contribution in [0.3, 0.4) is 0 Å². The van der Waals surface area contributed by atoms with Crippen molar-refractivity contribution in [2.45, 2.75) is 19.4 Å². The summed E-state index contributed by atoms with van der Waals surface area (Å²) in [5.74, 6) is 0.273. The van der Waals surface area contributed by atoms with E-state index in [9.17, 15) is 18.5 Å². The van der Waals surface area contributed by atoms with Crippen LogP contribution in [0.2, 0.25) is 0 Å². The number of nitriles is 1. The molecular formula is C16H17N3O4S. The summed E-state index contributed by atoms with van der Waals surface area (Å²) >= 11 is 0. The molecule has 1 aliphatic heterocycles. The standard InChI is InChI=1S/C16H17N3O4S/c1-11-14(13(9-17)16(23-11)19-6-3-4-7-19)15(20)18(2)12-5-8-24(21,22)10-12/h3-4,6-7,12H,5,8,10H2,1-2H3. The van der Waals surface area contributed by atoms with Crippen LogP contribution in [-0.2, 0) is 9.84 Å². The summed E-state index contributed by atoms with van der Waals surface area (Å²) in [6, 6.07) is 5.23. The molecule has 1 aliphatic rings. The van der Waals surface area contributed by atoms with Gasteiger partial charge in [0.05, 0.1) is 11.5 Å². The molecule has 8 heteroatoms. The molecule has 24 heavy (non-hydrogen) atoms. The third-order valence-electron chi connectivity index (χ3n) is 4.31. The van der Waals surface area contributed by atoms with Crippen LogP contribution in [0.15, 0.2) is 28.9 Å². The number of rotatable bonds is 3. The highest BCUT2D eigenvalue weighted by Crippen LogP contribution is 2.28. The van der Waals surface area contributed by atoms with Gasteiger partial charge in [-0.25, -0.2) is 8.42 Å². The zero-order valence-electron chi connectivity index (χ0n) is 13.4. The predicted molar refractivity (Wildman–Crippen MR) is 86.6 cm³/mol. The van der Waals surface area contributed by atoms with E-state index in [0.717, 1.165) is 0 Å². The summed E-state index contributed by atoms with van der Waals surface area (Å²) in [7, 11) is -1.53. The molecule has 1 atom stereocenters. The highest BCUT2D eigenvalue weighted by molar-refractivity contribution is 7.91. The Morgan fingerprint density at radius 3 is 2.62 bits per heavy atom. The maximum Gasteiger partial charge on any atom is 0.258 e. The van der Waals surface area contributed by atoms with Gasteiger partial charge in [-0.05, 0) is 25.5 Å². The predicted octanol–water partition coefficient (Wildman–Crippen LogP) is 1.51. The number of carbonyl (C=O) groups is 1. The Balaban J connectivity index is 1.97. The topological polar surface area (TPSA) is 96.3 Å². The van der Waals surface area contributed by atoms with Gasteiger partial charge in [0.2, 0.25) is 5.88 Å². The fraction of sp³-hybridized carbons (Fsp3) is 0.375. The first kappa shape index (κ1) is 16.3. The Morgan fingerprint density at radius 1 is 1.42 bits per heavy atom. The van der Waals surface area contributed by atoms with Crippen molar-refractivity contribution in [3.05, 3.63) is 41.4 Å². The third kappa shape index (κ3) is 2.71. The van der Waals surface area contributed by atoms with Gasteiger partial charge in [-0.3, -0.25) is 9.36 Å². The molecule has 0 saturated carbocycles. The Labute approximate surface area is 140 Å². The molecule has 0 bridgehead atoms. The number of amides is 1. The van der Waals surface area contributed by atoms with E-state index >= 15 is 0 Å². The van der Waals surface area contributed by atoms with Crippen LogP contribution in [0, 0.1) is 18.3 Å². The van der Waals surface area contributed by atoms with Crippen LogP contribution in [0.5, 0.6) is 0 Å². The average molecular weight is 347 g/mol. The van der Waals surface area contributed by atoms with Crippen LogP contribution in [0.1, 0.15) is 28.1 Å². The number of hydrogen-bond donors (Lipinski definition) is 0. The van der Waals surface area contributed by atoms with Gasteiger partial charge in [0.1, 0.15) is 23.0 Å². The van der Waals surface area contributed by atoms with Crippen molar-refractivity contribution in [2.75, 3.05) is 18.6 Å². The zero-order chi connectivity index (χ0) is 17.5. The van der Waals surface area contributed by atoms with Gasteiger partial charge in [0.25, 0.3) is 5.91 Å². The Bertz CT molecular complexity index is 919. The highest BCUT2D eigenvalue weighted by Gasteiger charge is 2.35. The summed E-state index contributed by atoms with van der Waals surface area (Å²) in [5, 5.41) is 9.50. The van der Waals surface area contributed by atoms with Gasteiger partial charge >= 0.3 is 0 Å². The van der Waals surface area contributed by atoms with Gasteiger partial charge in [-0.1, -0.05) is 0 Å². The van der Waals surface area contributed by atoms with E-state index in [0.29, 0.717) is 12.2 Å². The SMILES string of the molecule is Cc1oc(-n2cccc2)c(C#N)c1C(=O)N(C)C1CCS(=O)(=O)C1. The summed E-state index contributed by atoms with van der Waals surface area (Å²) < 4.78 is 30.5. The quantitative estimate of drug-likeness (QED) is 0.838. The summed E-state index contributed by atoms with van der Waals surface area (Å²) in [6.07, 6.45) is 3.86. The molecule has 1 unspecified atom stereocenters. The fourth-order valence-electron chi connectivity index (χ4n) is 2.97. The molecule has 7 nitrogen and oxygen atoms in total. The van der Waals surface area contributed by atoms with Crippen molar-refractivity contribution in [3.63, 3.8) is 0 Å². The number of carbonyl (C=O) groups excluding carboxylic acids is 1. The van der Waals surface area contributed by atoms with E-state index < -0.39 is 15.7 Å². The number of furan rings is 1. The lowest BCUT2D eigenvalue weighted by Crippen LogP contribution is -2.38. The second-order valence-corrected chi connectivity index (χ2v) is 8.12. The molecule has 2 aromatic heterocycles. The maximum absolute atomic E-state index is 12.8. The lowest BCUT2D eigenvalue weighted by molar-refractivity contribution is 0.0745. The Morgan fingerprint density at radius 2 is 2.08 bits per heavy atom. The van der Waals surface area contributed by atoms with Crippen molar-refractivity contribution in [3.8, 4) is 12.0 Å². The average Bonchev–Trinajstić information content (AvgIpc) is 3.23. The molecule has 0 N–H and O–H groups in total. The lowest BCUT2D eigenvalue weighted by atomic mass is 10.1. The Kier molecular flexibility index (Phi) is 3.97. The zero-order valence-corrected chi connectivity index (χ0v) is 14.2. The van der Waals surface area contributed by atoms with Crippen LogP contribution < -0.4 is 0 Å². The normalized spacial score (nSPS) is 19.1. The number of aromatic nitrogens is 1. The highest BCUT2D eigenvalue weighted by atomic mass is 32.2. The van der Waals surface area contributed by atoms with Crippen molar-refractivity contribution in [2.24, 2.45) is 0 Å². The molecule has 1 fully saturated rings. The second-order valence-electron chi connectivity index (χ2n) is 5.89. The van der Waals surface area contributed by atoms with Crippen molar-refractivity contribution in [1.29, 1.82) is 5.26 Å². The summed E-state index contributed by atoms with van der Waals surface area (Å²) in [5.41, 5.74) is 0.342. The Hall–Kier alpha value is -2.53. The maximum atomic E-state index is 12.8. The van der Waals surface area contributed by atoms with E-state index in [1.54, 1.807) is 43.1 Å². The smallest absolute Gasteiger partial charge is 0.258 e. The molecule has 126 valence electrons. The third-order valence-corrected chi connectivity index (χ3v) is 6.06. The number of hydrogen-bond acceptors (Lipinski definition) is 5. The molecule has 0 aliphatic carbocycles. The fourth-order valence-corrected chi connectivity index (χ4v) is 4.74. The molecule has 1 saturated heterocycles.